The minimum Gasteiger partial charge on any atom is -0.356 e. The van der Waals surface area contributed by atoms with Crippen molar-refractivity contribution in [1.82, 2.24) is 19.3 Å². The lowest BCUT2D eigenvalue weighted by molar-refractivity contribution is 0.388. The molecule has 7 nitrogen and oxygen atoms in total. The van der Waals surface area contributed by atoms with Gasteiger partial charge in [-0.05, 0) is 36.4 Å². The van der Waals surface area contributed by atoms with Gasteiger partial charge in [0.2, 0.25) is 0 Å². The van der Waals surface area contributed by atoms with E-state index in [0.29, 0.717) is 29.5 Å². The Bertz CT molecular complexity index is 1110. The highest BCUT2D eigenvalue weighted by atomic mass is 32.2. The molecule has 0 saturated carbocycles. The van der Waals surface area contributed by atoms with Gasteiger partial charge in [-0.1, -0.05) is 6.07 Å². The molecule has 1 saturated heterocycles. The van der Waals surface area contributed by atoms with E-state index in [2.05, 4.69) is 9.88 Å². The zero-order chi connectivity index (χ0) is 19.8. The standard InChI is InChI=1S/C20H21N5O2S2/c26-29(27,18-6-4-12-28-18)25-11-7-17-16(14-25)20(24-9-1-2-10-24)23-19(22-17)15-5-3-8-21-13-15/h3-6,8,12-13H,1-2,7,9-11,14H2. The van der Waals surface area contributed by atoms with Crippen LogP contribution in [-0.2, 0) is 23.0 Å². The number of rotatable bonds is 4. The number of aromatic nitrogens is 3. The maximum atomic E-state index is 13.1. The number of pyridine rings is 1. The van der Waals surface area contributed by atoms with Crippen LogP contribution in [0.3, 0.4) is 0 Å². The molecule has 0 spiro atoms. The van der Waals surface area contributed by atoms with Gasteiger partial charge in [0.1, 0.15) is 10.0 Å². The third-order valence-corrected chi connectivity index (χ3v) is 8.64. The Labute approximate surface area is 174 Å². The first kappa shape index (κ1) is 18.7. The van der Waals surface area contributed by atoms with Crippen molar-refractivity contribution >= 4 is 27.2 Å². The minimum atomic E-state index is -3.50. The van der Waals surface area contributed by atoms with Gasteiger partial charge < -0.3 is 4.90 Å². The second-order valence-electron chi connectivity index (χ2n) is 7.25. The normalized spacial score (nSPS) is 17.4. The van der Waals surface area contributed by atoms with Crippen molar-refractivity contribution in [1.29, 1.82) is 0 Å². The van der Waals surface area contributed by atoms with E-state index >= 15 is 0 Å². The summed E-state index contributed by atoms with van der Waals surface area (Å²) in [5, 5.41) is 1.80. The quantitative estimate of drug-likeness (QED) is 0.637. The third kappa shape index (κ3) is 3.43. The third-order valence-electron chi connectivity index (χ3n) is 5.42. The fourth-order valence-corrected chi connectivity index (χ4v) is 6.48. The summed E-state index contributed by atoms with van der Waals surface area (Å²) in [6, 6.07) is 7.27. The summed E-state index contributed by atoms with van der Waals surface area (Å²) in [4.78, 5) is 16.1. The molecule has 3 aromatic rings. The van der Waals surface area contributed by atoms with E-state index in [0.717, 1.165) is 48.6 Å². The highest BCUT2D eigenvalue weighted by Gasteiger charge is 2.33. The fourth-order valence-electron chi connectivity index (χ4n) is 3.93. The lowest BCUT2D eigenvalue weighted by Gasteiger charge is -2.31. The molecule has 0 amide bonds. The average molecular weight is 428 g/mol. The van der Waals surface area contributed by atoms with Crippen LogP contribution < -0.4 is 4.90 Å². The molecular weight excluding hydrogens is 406 g/mol. The summed E-state index contributed by atoms with van der Waals surface area (Å²) in [7, 11) is -3.50. The maximum Gasteiger partial charge on any atom is 0.252 e. The van der Waals surface area contributed by atoms with E-state index < -0.39 is 10.0 Å². The van der Waals surface area contributed by atoms with Crippen LogP contribution in [0.1, 0.15) is 24.1 Å². The van der Waals surface area contributed by atoms with Crippen LogP contribution in [0.2, 0.25) is 0 Å². The molecule has 0 aliphatic carbocycles. The number of sulfonamides is 1. The summed E-state index contributed by atoms with van der Waals surface area (Å²) < 4.78 is 28.1. The highest BCUT2D eigenvalue weighted by Crippen LogP contribution is 2.33. The van der Waals surface area contributed by atoms with Crippen molar-refractivity contribution in [2.45, 2.75) is 30.0 Å². The van der Waals surface area contributed by atoms with Gasteiger partial charge in [-0.2, -0.15) is 4.31 Å². The Morgan fingerprint density at radius 1 is 1.03 bits per heavy atom. The zero-order valence-corrected chi connectivity index (χ0v) is 17.5. The van der Waals surface area contributed by atoms with E-state index in [4.69, 9.17) is 9.97 Å². The molecule has 0 N–H and O–H groups in total. The van der Waals surface area contributed by atoms with E-state index in [1.807, 2.05) is 12.1 Å². The molecule has 0 bridgehead atoms. The Kier molecular flexibility index (Phi) is 4.81. The molecule has 150 valence electrons. The van der Waals surface area contributed by atoms with Crippen LogP contribution in [-0.4, -0.2) is 47.3 Å². The van der Waals surface area contributed by atoms with Crippen LogP contribution in [0.15, 0.2) is 46.2 Å². The number of nitrogens with zero attached hydrogens (tertiary/aromatic N) is 5. The Morgan fingerprint density at radius 3 is 2.62 bits per heavy atom. The average Bonchev–Trinajstić information content (AvgIpc) is 3.47. The van der Waals surface area contributed by atoms with E-state index in [1.54, 1.807) is 34.2 Å². The molecule has 29 heavy (non-hydrogen) atoms. The first-order valence-electron chi connectivity index (χ1n) is 9.72. The topological polar surface area (TPSA) is 79.3 Å². The number of hydrogen-bond acceptors (Lipinski definition) is 7. The molecule has 3 aromatic heterocycles. The zero-order valence-electron chi connectivity index (χ0n) is 15.9. The van der Waals surface area contributed by atoms with Crippen molar-refractivity contribution in [3.63, 3.8) is 0 Å². The van der Waals surface area contributed by atoms with Crippen molar-refractivity contribution in [2.75, 3.05) is 24.5 Å². The van der Waals surface area contributed by atoms with Crippen LogP contribution in [0.5, 0.6) is 0 Å². The minimum absolute atomic E-state index is 0.314. The molecule has 2 aliphatic heterocycles. The molecule has 0 radical (unpaired) electrons. The summed E-state index contributed by atoms with van der Waals surface area (Å²) in [5.41, 5.74) is 2.76. The predicted molar refractivity (Wildman–Crippen MR) is 112 cm³/mol. The highest BCUT2D eigenvalue weighted by molar-refractivity contribution is 7.91. The van der Waals surface area contributed by atoms with Crippen LogP contribution >= 0.6 is 11.3 Å². The lowest BCUT2D eigenvalue weighted by atomic mass is 10.1. The summed E-state index contributed by atoms with van der Waals surface area (Å²) >= 11 is 1.26. The fraction of sp³-hybridized carbons (Fsp3) is 0.350. The molecular formula is C20H21N5O2S2. The van der Waals surface area contributed by atoms with Gasteiger partial charge in [0.25, 0.3) is 10.0 Å². The number of hydrogen-bond donors (Lipinski definition) is 0. The maximum absolute atomic E-state index is 13.1. The lowest BCUT2D eigenvalue weighted by Crippen LogP contribution is -2.37. The predicted octanol–water partition coefficient (Wildman–Crippen LogP) is 2.95. The number of thiophene rings is 1. The second-order valence-corrected chi connectivity index (χ2v) is 10.4. The van der Waals surface area contributed by atoms with Gasteiger partial charge in [0, 0.05) is 56.1 Å². The van der Waals surface area contributed by atoms with Crippen molar-refractivity contribution in [2.24, 2.45) is 0 Å². The molecule has 5 rings (SSSR count). The smallest absolute Gasteiger partial charge is 0.252 e. The number of fused-ring (bicyclic) bond motifs is 1. The van der Waals surface area contributed by atoms with Gasteiger partial charge >= 0.3 is 0 Å². The first-order chi connectivity index (χ1) is 14.1. The van der Waals surface area contributed by atoms with Crippen LogP contribution in [0, 0.1) is 0 Å². The van der Waals surface area contributed by atoms with Gasteiger partial charge in [-0.25, -0.2) is 18.4 Å². The Morgan fingerprint density at radius 2 is 1.90 bits per heavy atom. The molecule has 2 aliphatic rings. The number of anilines is 1. The molecule has 0 atom stereocenters. The van der Waals surface area contributed by atoms with Crippen molar-refractivity contribution < 1.29 is 8.42 Å². The SMILES string of the molecule is O=S(=O)(c1cccs1)N1CCc2nc(-c3cccnc3)nc(N3CCCC3)c2C1. The summed E-state index contributed by atoms with van der Waals surface area (Å²) in [5.74, 6) is 1.53. The van der Waals surface area contributed by atoms with Gasteiger partial charge in [0.15, 0.2) is 5.82 Å². The van der Waals surface area contributed by atoms with E-state index in [9.17, 15) is 8.42 Å². The van der Waals surface area contributed by atoms with Gasteiger partial charge in [-0.3, -0.25) is 4.98 Å². The van der Waals surface area contributed by atoms with E-state index in [-0.39, 0.29) is 0 Å². The Hall–Kier alpha value is -2.36. The van der Waals surface area contributed by atoms with Crippen LogP contribution in [0.4, 0.5) is 5.82 Å². The summed E-state index contributed by atoms with van der Waals surface area (Å²) in [6.07, 6.45) is 6.33. The molecule has 0 unspecified atom stereocenters. The van der Waals surface area contributed by atoms with Crippen molar-refractivity contribution in [3.05, 3.63) is 53.3 Å². The molecule has 1 fully saturated rings. The van der Waals surface area contributed by atoms with Gasteiger partial charge in [-0.15, -0.1) is 11.3 Å². The molecule has 5 heterocycles. The summed E-state index contributed by atoms with van der Waals surface area (Å²) in [6.45, 7) is 2.62. The van der Waals surface area contributed by atoms with Gasteiger partial charge in [0.05, 0.1) is 5.69 Å². The largest absolute Gasteiger partial charge is 0.356 e. The monoisotopic (exact) mass is 427 g/mol. The molecule has 9 heteroatoms. The first-order valence-corrected chi connectivity index (χ1v) is 12.0. The van der Waals surface area contributed by atoms with E-state index in [1.165, 1.54) is 11.3 Å². The molecule has 0 aromatic carbocycles. The van der Waals surface area contributed by atoms with Crippen LogP contribution in [0.25, 0.3) is 11.4 Å². The van der Waals surface area contributed by atoms with Crippen molar-refractivity contribution in [3.8, 4) is 11.4 Å². The Balaban J connectivity index is 1.57. The second kappa shape index (κ2) is 7.47.